The number of aliphatic hydroxyl groups excluding tert-OH is 1. The average Bonchev–Trinajstić information content (AvgIpc) is 2.28. The lowest BCUT2D eigenvalue weighted by atomic mass is 9.91. The molecule has 1 rings (SSSR count). The summed E-state index contributed by atoms with van der Waals surface area (Å²) in [5.74, 6) is -2.35. The summed E-state index contributed by atoms with van der Waals surface area (Å²) >= 11 is 0. The number of ketones is 1. The van der Waals surface area contributed by atoms with Crippen LogP contribution in [-0.2, 0) is 4.79 Å². The molecule has 0 aliphatic carbocycles. The van der Waals surface area contributed by atoms with Crippen LogP contribution in [0.25, 0.3) is 0 Å². The van der Waals surface area contributed by atoms with Gasteiger partial charge in [0.2, 0.25) is 5.54 Å². The van der Waals surface area contributed by atoms with Crippen LogP contribution in [0.4, 0.5) is 0 Å². The first-order valence-corrected chi connectivity index (χ1v) is 4.25. The van der Waals surface area contributed by atoms with Crippen molar-refractivity contribution >= 4 is 11.8 Å². The largest absolute Gasteiger partial charge is 0.479 e. The molecule has 4 N–H and O–H groups in total. The van der Waals surface area contributed by atoms with E-state index in [4.69, 9.17) is 15.9 Å². The first-order valence-electron chi connectivity index (χ1n) is 4.25. The van der Waals surface area contributed by atoms with E-state index in [0.29, 0.717) is 0 Å². The number of nitrogens with two attached hydrogens (primary N) is 1. The minimum absolute atomic E-state index is 0.163. The number of hydrogen-bond donors (Lipinski definition) is 3. The molecule has 1 unspecified atom stereocenters. The second kappa shape index (κ2) is 4.20. The standard InChI is InChI=1S/C10H11NO4/c11-10(6-12,9(14)15)8(13)7-4-2-1-3-5-7/h1-5,12H,6,11H2,(H,14,15). The van der Waals surface area contributed by atoms with Crippen LogP contribution in [0.1, 0.15) is 10.4 Å². The Balaban J connectivity index is 3.08. The van der Waals surface area contributed by atoms with Gasteiger partial charge in [0.25, 0.3) is 0 Å². The maximum atomic E-state index is 11.7. The van der Waals surface area contributed by atoms with Crippen LogP contribution in [0.3, 0.4) is 0 Å². The molecule has 15 heavy (non-hydrogen) atoms. The van der Waals surface area contributed by atoms with Crippen LogP contribution in [-0.4, -0.2) is 34.1 Å². The smallest absolute Gasteiger partial charge is 0.334 e. The molecule has 0 fully saturated rings. The van der Waals surface area contributed by atoms with Crippen molar-refractivity contribution < 1.29 is 19.8 Å². The number of hydrogen-bond acceptors (Lipinski definition) is 4. The van der Waals surface area contributed by atoms with Crippen LogP contribution < -0.4 is 5.73 Å². The van der Waals surface area contributed by atoms with Crippen LogP contribution in [0.5, 0.6) is 0 Å². The number of benzene rings is 1. The van der Waals surface area contributed by atoms with Gasteiger partial charge < -0.3 is 15.9 Å². The molecule has 0 aliphatic heterocycles. The highest BCUT2D eigenvalue weighted by molar-refractivity contribution is 6.15. The molecule has 1 aromatic carbocycles. The molecule has 5 heteroatoms. The third-order valence-electron chi connectivity index (χ3n) is 2.07. The predicted octanol–water partition coefficient (Wildman–Crippen LogP) is -0.356. The normalized spacial score (nSPS) is 14.3. The fourth-order valence-corrected chi connectivity index (χ4v) is 1.08. The summed E-state index contributed by atoms with van der Waals surface area (Å²) in [5, 5.41) is 17.6. The molecule has 5 nitrogen and oxygen atoms in total. The highest BCUT2D eigenvalue weighted by Gasteiger charge is 2.42. The van der Waals surface area contributed by atoms with E-state index in [-0.39, 0.29) is 5.56 Å². The van der Waals surface area contributed by atoms with Gasteiger partial charge in [0.05, 0.1) is 6.61 Å². The maximum absolute atomic E-state index is 11.7. The average molecular weight is 209 g/mol. The van der Waals surface area contributed by atoms with Gasteiger partial charge in [-0.2, -0.15) is 0 Å². The molecule has 80 valence electrons. The summed E-state index contributed by atoms with van der Waals surface area (Å²) in [4.78, 5) is 22.4. The molecule has 1 atom stereocenters. The Bertz CT molecular complexity index is 376. The topological polar surface area (TPSA) is 101 Å². The summed E-state index contributed by atoms with van der Waals surface area (Å²) in [7, 11) is 0. The SMILES string of the molecule is NC(CO)(C(=O)O)C(=O)c1ccccc1. The van der Waals surface area contributed by atoms with Crippen LogP contribution in [0, 0.1) is 0 Å². The molecule has 0 amide bonds. The molecular weight excluding hydrogens is 198 g/mol. The number of aliphatic carboxylic acids is 1. The number of carboxylic acid groups (broad SMARTS) is 1. The summed E-state index contributed by atoms with van der Waals surface area (Å²) in [5.41, 5.74) is 3.22. The van der Waals surface area contributed by atoms with E-state index in [2.05, 4.69) is 0 Å². The number of aliphatic hydroxyl groups is 1. The van der Waals surface area contributed by atoms with E-state index in [1.165, 1.54) is 12.1 Å². The Hall–Kier alpha value is -1.72. The predicted molar refractivity (Wildman–Crippen MR) is 52.4 cm³/mol. The monoisotopic (exact) mass is 209 g/mol. The van der Waals surface area contributed by atoms with Gasteiger partial charge in [-0.25, -0.2) is 4.79 Å². The summed E-state index contributed by atoms with van der Waals surface area (Å²) in [6.45, 7) is -0.934. The number of carboxylic acids is 1. The van der Waals surface area contributed by atoms with E-state index >= 15 is 0 Å². The van der Waals surface area contributed by atoms with Gasteiger partial charge in [-0.1, -0.05) is 30.3 Å². The van der Waals surface area contributed by atoms with Gasteiger partial charge in [-0.05, 0) is 0 Å². The molecule has 0 spiro atoms. The molecule has 0 radical (unpaired) electrons. The maximum Gasteiger partial charge on any atom is 0.334 e. The van der Waals surface area contributed by atoms with Crippen molar-refractivity contribution in [1.29, 1.82) is 0 Å². The minimum atomic E-state index is -2.26. The zero-order chi connectivity index (χ0) is 11.5. The highest BCUT2D eigenvalue weighted by Crippen LogP contribution is 2.11. The van der Waals surface area contributed by atoms with Gasteiger partial charge in [0, 0.05) is 5.56 Å². The van der Waals surface area contributed by atoms with Gasteiger partial charge in [0.15, 0.2) is 5.78 Å². The fourth-order valence-electron chi connectivity index (χ4n) is 1.08. The summed E-state index contributed by atoms with van der Waals surface area (Å²) in [6.07, 6.45) is 0. The quantitative estimate of drug-likeness (QED) is 0.464. The lowest BCUT2D eigenvalue weighted by molar-refractivity contribution is -0.142. The van der Waals surface area contributed by atoms with Gasteiger partial charge in [-0.15, -0.1) is 0 Å². The van der Waals surface area contributed by atoms with Crippen molar-refractivity contribution in [2.75, 3.05) is 6.61 Å². The van der Waals surface area contributed by atoms with Crippen molar-refractivity contribution in [1.82, 2.24) is 0 Å². The van der Waals surface area contributed by atoms with Crippen molar-refractivity contribution in [2.45, 2.75) is 5.54 Å². The Kier molecular flexibility index (Phi) is 3.18. The Morgan fingerprint density at radius 2 is 1.80 bits per heavy atom. The molecular formula is C10H11NO4. The number of carbonyl (C=O) groups is 2. The van der Waals surface area contributed by atoms with Crippen molar-refractivity contribution in [3.63, 3.8) is 0 Å². The summed E-state index contributed by atoms with van der Waals surface area (Å²) < 4.78 is 0. The molecule has 1 aromatic rings. The highest BCUT2D eigenvalue weighted by atomic mass is 16.4. The van der Waals surface area contributed by atoms with E-state index in [0.717, 1.165) is 0 Å². The summed E-state index contributed by atoms with van der Waals surface area (Å²) in [6, 6.07) is 7.76. The van der Waals surface area contributed by atoms with Crippen LogP contribution in [0.2, 0.25) is 0 Å². The van der Waals surface area contributed by atoms with Crippen molar-refractivity contribution in [2.24, 2.45) is 5.73 Å². The van der Waals surface area contributed by atoms with Gasteiger partial charge >= 0.3 is 5.97 Å². The first kappa shape index (κ1) is 11.4. The van der Waals surface area contributed by atoms with E-state index in [9.17, 15) is 9.59 Å². The molecule has 0 aliphatic rings. The second-order valence-electron chi connectivity index (χ2n) is 3.13. The second-order valence-corrected chi connectivity index (χ2v) is 3.13. The Morgan fingerprint density at radius 1 is 1.27 bits per heavy atom. The third-order valence-corrected chi connectivity index (χ3v) is 2.07. The van der Waals surface area contributed by atoms with E-state index in [1.807, 2.05) is 0 Å². The van der Waals surface area contributed by atoms with Crippen LogP contribution in [0.15, 0.2) is 30.3 Å². The number of carbonyl (C=O) groups excluding carboxylic acids is 1. The lowest BCUT2D eigenvalue weighted by Crippen LogP contribution is -2.57. The van der Waals surface area contributed by atoms with Gasteiger partial charge in [-0.3, -0.25) is 4.79 Å². The van der Waals surface area contributed by atoms with E-state index < -0.39 is 23.9 Å². The molecule has 0 saturated carbocycles. The Labute approximate surface area is 86.1 Å². The molecule has 0 bridgehead atoms. The Morgan fingerprint density at radius 3 is 2.20 bits per heavy atom. The zero-order valence-corrected chi connectivity index (χ0v) is 7.88. The fraction of sp³-hybridized carbons (Fsp3) is 0.200. The van der Waals surface area contributed by atoms with Crippen LogP contribution >= 0.6 is 0 Å². The number of rotatable bonds is 4. The lowest BCUT2D eigenvalue weighted by Gasteiger charge is -2.20. The molecule has 0 heterocycles. The zero-order valence-electron chi connectivity index (χ0n) is 7.88. The minimum Gasteiger partial charge on any atom is -0.479 e. The van der Waals surface area contributed by atoms with Crippen molar-refractivity contribution in [3.05, 3.63) is 35.9 Å². The third kappa shape index (κ3) is 2.03. The van der Waals surface area contributed by atoms with E-state index in [1.54, 1.807) is 18.2 Å². The first-order chi connectivity index (χ1) is 7.02. The molecule has 0 aromatic heterocycles. The molecule has 0 saturated heterocycles. The van der Waals surface area contributed by atoms with Gasteiger partial charge in [0.1, 0.15) is 0 Å². The van der Waals surface area contributed by atoms with Crippen molar-refractivity contribution in [3.8, 4) is 0 Å². The number of Topliss-reactive ketones (excluding diaryl/α,β-unsaturated/α-hetero) is 1.